The molecular formula is C13H28N2O3Si2. The molecule has 0 heterocycles. The maximum atomic E-state index is 10.9. The first-order valence-corrected chi connectivity index (χ1v) is 13.0. The van der Waals surface area contributed by atoms with Crippen LogP contribution in [-0.2, 0) is 13.7 Å². The Morgan fingerprint density at radius 2 is 2.05 bits per heavy atom. The molecule has 0 aromatic rings. The molecule has 116 valence electrons. The van der Waals surface area contributed by atoms with Gasteiger partial charge in [0, 0.05) is 12.0 Å². The van der Waals surface area contributed by atoms with Gasteiger partial charge in [-0.15, -0.1) is 0 Å². The molecule has 0 aliphatic heterocycles. The maximum Gasteiger partial charge on any atom is 0.235 e. The molecule has 0 spiro atoms. The lowest BCUT2D eigenvalue weighted by molar-refractivity contribution is -0.118. The van der Waals surface area contributed by atoms with Crippen molar-refractivity contribution in [3.8, 4) is 0 Å². The molecule has 0 fully saturated rings. The number of rotatable bonds is 10. The highest BCUT2D eigenvalue weighted by Gasteiger charge is 2.38. The van der Waals surface area contributed by atoms with Gasteiger partial charge in [0.15, 0.2) is 17.4 Å². The number of amides is 1. The maximum absolute atomic E-state index is 10.9. The first-order chi connectivity index (χ1) is 9.24. The van der Waals surface area contributed by atoms with E-state index in [1.54, 1.807) is 6.08 Å². The number of carbonyl (C=O) groups excluding carboxylic acids is 2. The molecule has 20 heavy (non-hydrogen) atoms. The van der Waals surface area contributed by atoms with Crippen LogP contribution in [-0.4, -0.2) is 35.4 Å². The summed E-state index contributed by atoms with van der Waals surface area (Å²) in [5.74, 6) is -0.283. The van der Waals surface area contributed by atoms with Crippen molar-refractivity contribution in [3.63, 3.8) is 0 Å². The van der Waals surface area contributed by atoms with Gasteiger partial charge in [-0.1, -0.05) is 6.92 Å². The first-order valence-electron chi connectivity index (χ1n) is 7.27. The van der Waals surface area contributed by atoms with Gasteiger partial charge in [-0.05, 0) is 45.5 Å². The zero-order chi connectivity index (χ0) is 15.8. The van der Waals surface area contributed by atoms with Gasteiger partial charge in [-0.2, -0.15) is 0 Å². The third-order valence-electron chi connectivity index (χ3n) is 3.47. The summed E-state index contributed by atoms with van der Waals surface area (Å²) in [7, 11) is -3.10. The number of carbonyl (C=O) groups is 1. The van der Waals surface area contributed by atoms with Crippen molar-refractivity contribution in [3.05, 3.63) is 0 Å². The molecule has 2 unspecified atom stereocenters. The lowest BCUT2D eigenvalue weighted by Gasteiger charge is -2.37. The molecule has 2 N–H and O–H groups in total. The smallest absolute Gasteiger partial charge is 0.235 e. The highest BCUT2D eigenvalue weighted by molar-refractivity contribution is 6.79. The Kier molecular flexibility index (Phi) is 8.88. The Bertz CT molecular complexity index is 356. The Labute approximate surface area is 124 Å². The zero-order valence-corrected chi connectivity index (χ0v) is 15.5. The number of primary amides is 1. The molecule has 5 nitrogen and oxygen atoms in total. The van der Waals surface area contributed by atoms with Crippen molar-refractivity contribution in [1.29, 1.82) is 0 Å². The Morgan fingerprint density at radius 3 is 2.45 bits per heavy atom. The number of nitrogens with zero attached hydrogens (tertiary/aromatic N) is 1. The second-order valence-corrected chi connectivity index (χ2v) is 12.9. The molecule has 0 saturated carbocycles. The van der Waals surface area contributed by atoms with E-state index in [-0.39, 0.29) is 17.5 Å². The van der Waals surface area contributed by atoms with Crippen LogP contribution in [0.15, 0.2) is 4.99 Å². The lowest BCUT2D eigenvalue weighted by atomic mass is 10.1. The minimum atomic E-state index is -1.95. The second-order valence-electron chi connectivity index (χ2n) is 5.93. The zero-order valence-electron chi connectivity index (χ0n) is 13.3. The molecule has 0 bridgehead atoms. The van der Waals surface area contributed by atoms with E-state index in [4.69, 9.17) is 9.85 Å². The predicted octanol–water partition coefficient (Wildman–Crippen LogP) is 2.33. The highest BCUT2D eigenvalue weighted by Crippen LogP contribution is 2.35. The van der Waals surface area contributed by atoms with E-state index in [0.717, 1.165) is 19.3 Å². The molecule has 0 radical (unpaired) electrons. The fourth-order valence-electron chi connectivity index (χ4n) is 2.73. The van der Waals surface area contributed by atoms with E-state index >= 15 is 0 Å². The van der Waals surface area contributed by atoms with Gasteiger partial charge in [0.2, 0.25) is 12.0 Å². The topological polar surface area (TPSA) is 81.8 Å². The van der Waals surface area contributed by atoms with Gasteiger partial charge in [-0.25, -0.2) is 9.79 Å². The molecule has 0 aliphatic carbocycles. The van der Waals surface area contributed by atoms with E-state index < -0.39 is 17.4 Å². The molecule has 1 amide bonds. The highest BCUT2D eigenvalue weighted by atomic mass is 28.4. The molecule has 2 atom stereocenters. The van der Waals surface area contributed by atoms with Crippen LogP contribution in [0.3, 0.4) is 0 Å². The number of isocyanates is 1. The molecular weight excluding hydrogens is 288 g/mol. The van der Waals surface area contributed by atoms with Crippen molar-refractivity contribution in [2.45, 2.75) is 70.4 Å². The van der Waals surface area contributed by atoms with Crippen molar-refractivity contribution < 1.29 is 13.7 Å². The average molecular weight is 317 g/mol. The molecule has 7 heteroatoms. The van der Waals surface area contributed by atoms with Crippen LogP contribution in [0.4, 0.5) is 0 Å². The normalized spacial score (nSPS) is 14.7. The summed E-state index contributed by atoms with van der Waals surface area (Å²) in [6, 6.07) is -0.0604. The van der Waals surface area contributed by atoms with Crippen molar-refractivity contribution >= 4 is 29.3 Å². The Hall–Kier alpha value is -0.756. The summed E-state index contributed by atoms with van der Waals surface area (Å²) in [5.41, 5.74) is 5.42. The minimum Gasteiger partial charge on any atom is -0.458 e. The van der Waals surface area contributed by atoms with Crippen LogP contribution in [0.5, 0.6) is 0 Å². The standard InChI is InChI=1S/C13H28N2O3Si2/c1-6-11(15-10-16)12(8-7-9-13(14)17)20(4,5)18-19(2)3/h11-12,19H,6-9H2,1-5H3,(H2,14,17). The molecule has 0 aromatic carbocycles. The van der Waals surface area contributed by atoms with Crippen LogP contribution in [0.2, 0.25) is 31.7 Å². The summed E-state index contributed by atoms with van der Waals surface area (Å²) in [6.07, 6.45) is 4.40. The van der Waals surface area contributed by atoms with Gasteiger partial charge >= 0.3 is 0 Å². The number of nitrogens with two attached hydrogens (primary N) is 1. The SMILES string of the molecule is CCC(N=C=O)C(CCCC(N)=O)[Si](C)(C)O[SiH](C)C. The predicted molar refractivity (Wildman–Crippen MR) is 86.4 cm³/mol. The third-order valence-corrected chi connectivity index (χ3v) is 10.2. The van der Waals surface area contributed by atoms with Gasteiger partial charge in [0.05, 0.1) is 6.04 Å². The van der Waals surface area contributed by atoms with Crippen molar-refractivity contribution in [2.24, 2.45) is 10.7 Å². The molecule has 0 saturated heterocycles. The summed E-state index contributed by atoms with van der Waals surface area (Å²) < 4.78 is 6.26. The summed E-state index contributed by atoms with van der Waals surface area (Å²) in [6.45, 7) is 10.7. The van der Waals surface area contributed by atoms with E-state index in [0.29, 0.717) is 6.42 Å². The first kappa shape index (κ1) is 19.2. The number of hydrogen-bond acceptors (Lipinski definition) is 4. The monoisotopic (exact) mass is 316 g/mol. The fraction of sp³-hybridized carbons (Fsp3) is 0.846. The van der Waals surface area contributed by atoms with E-state index in [9.17, 15) is 9.59 Å². The molecule has 0 aromatic heterocycles. The second kappa shape index (κ2) is 9.23. The Morgan fingerprint density at radius 1 is 1.45 bits per heavy atom. The van der Waals surface area contributed by atoms with Crippen molar-refractivity contribution in [1.82, 2.24) is 0 Å². The quantitative estimate of drug-likeness (QED) is 0.381. The van der Waals surface area contributed by atoms with E-state index in [1.807, 2.05) is 6.92 Å². The van der Waals surface area contributed by atoms with Gasteiger partial charge in [0.25, 0.3) is 0 Å². The van der Waals surface area contributed by atoms with Crippen LogP contribution in [0, 0.1) is 0 Å². The van der Waals surface area contributed by atoms with E-state index in [2.05, 4.69) is 31.2 Å². The van der Waals surface area contributed by atoms with Crippen molar-refractivity contribution in [2.75, 3.05) is 0 Å². The summed E-state index contributed by atoms with van der Waals surface area (Å²) in [5, 5.41) is 0. The van der Waals surface area contributed by atoms with Gasteiger partial charge in [-0.3, -0.25) is 4.79 Å². The largest absolute Gasteiger partial charge is 0.458 e. The lowest BCUT2D eigenvalue weighted by Crippen LogP contribution is -2.44. The fourth-order valence-corrected chi connectivity index (χ4v) is 10.4. The molecule has 0 aliphatic rings. The Balaban J connectivity index is 5.01. The van der Waals surface area contributed by atoms with E-state index in [1.165, 1.54) is 0 Å². The van der Waals surface area contributed by atoms with Crippen LogP contribution in [0.1, 0.15) is 32.6 Å². The van der Waals surface area contributed by atoms with Gasteiger partial charge in [0.1, 0.15) is 0 Å². The van der Waals surface area contributed by atoms with Crippen LogP contribution < -0.4 is 5.73 Å². The van der Waals surface area contributed by atoms with Gasteiger partial charge < -0.3 is 9.85 Å². The van der Waals surface area contributed by atoms with Crippen LogP contribution in [0.25, 0.3) is 0 Å². The summed E-state index contributed by atoms with van der Waals surface area (Å²) >= 11 is 0. The number of hydrogen-bond donors (Lipinski definition) is 1. The summed E-state index contributed by atoms with van der Waals surface area (Å²) in [4.78, 5) is 25.5. The minimum absolute atomic E-state index is 0.0604. The third kappa shape index (κ3) is 7.14. The average Bonchev–Trinajstić information content (AvgIpc) is 2.30. The molecule has 0 rings (SSSR count). The van der Waals surface area contributed by atoms with Crippen LogP contribution >= 0.6 is 0 Å². The number of aliphatic imine (C=N–C) groups is 1.